The highest BCUT2D eigenvalue weighted by atomic mass is 16.1. The summed E-state index contributed by atoms with van der Waals surface area (Å²) in [4.78, 5) is 20.9. The minimum atomic E-state index is -0.150. The summed E-state index contributed by atoms with van der Waals surface area (Å²) in [5.74, 6) is 0.968. The first-order valence-electron chi connectivity index (χ1n) is 6.65. The summed E-state index contributed by atoms with van der Waals surface area (Å²) in [6, 6.07) is 7.38. The van der Waals surface area contributed by atoms with Gasteiger partial charge in [0.05, 0.1) is 0 Å². The fourth-order valence-electron chi connectivity index (χ4n) is 2.22. The van der Waals surface area contributed by atoms with E-state index in [0.717, 1.165) is 5.56 Å². The fraction of sp³-hybridized carbons (Fsp3) is 0.133. The molecule has 21 heavy (non-hydrogen) atoms. The summed E-state index contributed by atoms with van der Waals surface area (Å²) in [5, 5.41) is 0. The molecule has 0 unspecified atom stereocenters. The highest BCUT2D eigenvalue weighted by molar-refractivity contribution is 5.62. The average Bonchev–Trinajstić information content (AvgIpc) is 2.97. The molecule has 0 saturated carbocycles. The molecule has 106 valence electrons. The van der Waals surface area contributed by atoms with E-state index in [0.29, 0.717) is 23.9 Å². The van der Waals surface area contributed by atoms with Crippen molar-refractivity contribution in [2.24, 2.45) is 0 Å². The fourth-order valence-corrected chi connectivity index (χ4v) is 2.22. The molecular formula is C15H15N5O. The second kappa shape index (κ2) is 5.24. The molecule has 0 atom stereocenters. The smallest absolute Gasteiger partial charge is 0.294 e. The largest absolute Gasteiger partial charge is 0.399 e. The van der Waals surface area contributed by atoms with Crippen LogP contribution in [0.15, 0.2) is 53.8 Å². The van der Waals surface area contributed by atoms with Gasteiger partial charge >= 0.3 is 0 Å². The molecule has 6 nitrogen and oxygen atoms in total. The van der Waals surface area contributed by atoms with Crippen molar-refractivity contribution >= 4 is 5.69 Å². The van der Waals surface area contributed by atoms with Gasteiger partial charge in [0.2, 0.25) is 5.82 Å². The van der Waals surface area contributed by atoms with Crippen molar-refractivity contribution in [3.63, 3.8) is 0 Å². The van der Waals surface area contributed by atoms with Crippen molar-refractivity contribution in [1.29, 1.82) is 0 Å². The maximum Gasteiger partial charge on any atom is 0.294 e. The molecule has 3 rings (SSSR count). The van der Waals surface area contributed by atoms with E-state index in [2.05, 4.69) is 9.97 Å². The Morgan fingerprint density at radius 1 is 1.19 bits per heavy atom. The third-order valence-corrected chi connectivity index (χ3v) is 3.25. The van der Waals surface area contributed by atoms with Gasteiger partial charge in [-0.25, -0.2) is 9.97 Å². The van der Waals surface area contributed by atoms with Crippen LogP contribution in [0.5, 0.6) is 0 Å². The molecule has 1 aromatic carbocycles. The van der Waals surface area contributed by atoms with E-state index >= 15 is 0 Å². The van der Waals surface area contributed by atoms with Gasteiger partial charge in [0.1, 0.15) is 5.82 Å². The van der Waals surface area contributed by atoms with Crippen LogP contribution in [0.1, 0.15) is 6.92 Å². The minimum Gasteiger partial charge on any atom is -0.399 e. The molecule has 2 aromatic heterocycles. The maximum absolute atomic E-state index is 12.4. The van der Waals surface area contributed by atoms with Crippen molar-refractivity contribution in [3.05, 3.63) is 59.4 Å². The van der Waals surface area contributed by atoms with Crippen LogP contribution in [-0.4, -0.2) is 19.1 Å². The Labute approximate surface area is 121 Å². The summed E-state index contributed by atoms with van der Waals surface area (Å²) in [5.41, 5.74) is 7.15. The second-order valence-electron chi connectivity index (χ2n) is 4.59. The lowest BCUT2D eigenvalue weighted by molar-refractivity contribution is 0.706. The van der Waals surface area contributed by atoms with Crippen molar-refractivity contribution in [2.45, 2.75) is 13.5 Å². The molecule has 0 bridgehead atoms. The topological polar surface area (TPSA) is 78.7 Å². The first-order valence-corrected chi connectivity index (χ1v) is 6.65. The molecule has 0 spiro atoms. The molecule has 0 amide bonds. The molecule has 6 heteroatoms. The zero-order valence-corrected chi connectivity index (χ0v) is 11.6. The first-order chi connectivity index (χ1) is 10.2. The van der Waals surface area contributed by atoms with Crippen molar-refractivity contribution in [2.75, 3.05) is 5.73 Å². The van der Waals surface area contributed by atoms with E-state index in [9.17, 15) is 4.79 Å². The van der Waals surface area contributed by atoms with Gasteiger partial charge in [-0.05, 0) is 19.1 Å². The second-order valence-corrected chi connectivity index (χ2v) is 4.59. The number of anilines is 1. The van der Waals surface area contributed by atoms with Gasteiger partial charge in [0.25, 0.3) is 5.56 Å². The Bertz CT molecular complexity index is 834. The monoisotopic (exact) mass is 281 g/mol. The normalized spacial score (nSPS) is 10.7. The molecule has 0 fully saturated rings. The Balaban J connectivity index is 2.18. The maximum atomic E-state index is 12.4. The summed E-state index contributed by atoms with van der Waals surface area (Å²) in [6.45, 7) is 2.51. The van der Waals surface area contributed by atoms with Gasteiger partial charge in [0.15, 0.2) is 0 Å². The SMILES string of the molecule is CCn1ccnc(-n2ccnc2-c2cccc(N)c2)c1=O. The number of hydrogen-bond acceptors (Lipinski definition) is 4. The number of hydrogen-bond donors (Lipinski definition) is 1. The van der Waals surface area contributed by atoms with E-state index in [1.54, 1.807) is 33.9 Å². The van der Waals surface area contributed by atoms with Gasteiger partial charge in [-0.15, -0.1) is 0 Å². The summed E-state index contributed by atoms with van der Waals surface area (Å²) in [6.07, 6.45) is 6.65. The predicted octanol–water partition coefficient (Wildman–Crippen LogP) is 1.70. The third-order valence-electron chi connectivity index (χ3n) is 3.25. The Hall–Kier alpha value is -2.89. The Morgan fingerprint density at radius 3 is 2.76 bits per heavy atom. The highest BCUT2D eigenvalue weighted by Crippen LogP contribution is 2.21. The number of aromatic nitrogens is 4. The van der Waals surface area contributed by atoms with E-state index in [-0.39, 0.29) is 5.56 Å². The number of nitrogen functional groups attached to an aromatic ring is 1. The van der Waals surface area contributed by atoms with E-state index in [1.807, 2.05) is 31.2 Å². The minimum absolute atomic E-state index is 0.150. The van der Waals surface area contributed by atoms with E-state index in [4.69, 9.17) is 5.73 Å². The number of rotatable bonds is 3. The molecule has 2 N–H and O–H groups in total. The van der Waals surface area contributed by atoms with Crippen molar-refractivity contribution in [1.82, 2.24) is 19.1 Å². The van der Waals surface area contributed by atoms with Crippen LogP contribution in [0.3, 0.4) is 0 Å². The lowest BCUT2D eigenvalue weighted by atomic mass is 10.2. The molecule has 0 saturated heterocycles. The Kier molecular flexibility index (Phi) is 3.27. The van der Waals surface area contributed by atoms with Gasteiger partial charge in [-0.1, -0.05) is 12.1 Å². The van der Waals surface area contributed by atoms with Crippen LogP contribution < -0.4 is 11.3 Å². The number of aryl methyl sites for hydroxylation is 1. The van der Waals surface area contributed by atoms with Crippen molar-refractivity contribution in [3.8, 4) is 17.2 Å². The van der Waals surface area contributed by atoms with Crippen LogP contribution in [0, 0.1) is 0 Å². The predicted molar refractivity (Wildman–Crippen MR) is 81.1 cm³/mol. The molecule has 2 heterocycles. The molecule has 0 aliphatic carbocycles. The number of imidazole rings is 1. The number of benzene rings is 1. The zero-order chi connectivity index (χ0) is 14.8. The summed E-state index contributed by atoms with van der Waals surface area (Å²) in [7, 11) is 0. The third kappa shape index (κ3) is 2.31. The van der Waals surface area contributed by atoms with Crippen LogP contribution in [0.4, 0.5) is 5.69 Å². The van der Waals surface area contributed by atoms with Gasteiger partial charge in [-0.3, -0.25) is 9.36 Å². The van der Waals surface area contributed by atoms with Crippen LogP contribution in [-0.2, 0) is 6.54 Å². The number of nitrogens with two attached hydrogens (primary N) is 1. The van der Waals surface area contributed by atoms with Crippen LogP contribution in [0.2, 0.25) is 0 Å². The van der Waals surface area contributed by atoms with Gasteiger partial charge < -0.3 is 10.3 Å². The molecule has 0 aliphatic rings. The molecule has 3 aromatic rings. The zero-order valence-electron chi connectivity index (χ0n) is 11.6. The Morgan fingerprint density at radius 2 is 2.00 bits per heavy atom. The van der Waals surface area contributed by atoms with Gasteiger partial charge in [0, 0.05) is 42.6 Å². The average molecular weight is 281 g/mol. The lowest BCUT2D eigenvalue weighted by Gasteiger charge is -2.09. The summed E-state index contributed by atoms with van der Waals surface area (Å²) >= 11 is 0. The van der Waals surface area contributed by atoms with E-state index < -0.39 is 0 Å². The first kappa shape index (κ1) is 13.1. The molecular weight excluding hydrogens is 266 g/mol. The van der Waals surface area contributed by atoms with E-state index in [1.165, 1.54) is 0 Å². The standard InChI is InChI=1S/C15H15N5O/c1-2-19-8-6-18-14(15(19)21)20-9-7-17-13(20)11-4-3-5-12(16)10-11/h3-10H,2,16H2,1H3. The van der Waals surface area contributed by atoms with Crippen LogP contribution >= 0.6 is 0 Å². The lowest BCUT2D eigenvalue weighted by Crippen LogP contribution is -2.24. The van der Waals surface area contributed by atoms with Crippen LogP contribution in [0.25, 0.3) is 17.2 Å². The van der Waals surface area contributed by atoms with Crippen molar-refractivity contribution < 1.29 is 0 Å². The quantitative estimate of drug-likeness (QED) is 0.741. The molecule has 0 aliphatic heterocycles. The molecule has 0 radical (unpaired) electrons. The van der Waals surface area contributed by atoms with Gasteiger partial charge in [-0.2, -0.15) is 0 Å². The number of nitrogens with zero attached hydrogens (tertiary/aromatic N) is 4. The summed E-state index contributed by atoms with van der Waals surface area (Å²) < 4.78 is 3.29. The highest BCUT2D eigenvalue weighted by Gasteiger charge is 2.12.